The Morgan fingerprint density at radius 2 is 0.863 bits per heavy atom. The van der Waals surface area contributed by atoms with Crippen LogP contribution in [0.15, 0.2) is 0 Å². The number of nitrogens with two attached hydrogens (primary N) is 1. The SMILES string of the molecule is CCCCCCCCCCCCCCCCC(=O)OC(COC(=O)CCCCCCCCCCCCCCC)COP(=O)(O)OCC(N)C(=O)O. The lowest BCUT2D eigenvalue weighted by Gasteiger charge is -2.20. The van der Waals surface area contributed by atoms with E-state index in [-0.39, 0.29) is 19.4 Å². The molecule has 51 heavy (non-hydrogen) atoms. The molecule has 0 saturated carbocycles. The van der Waals surface area contributed by atoms with E-state index in [1.54, 1.807) is 0 Å². The Morgan fingerprint density at radius 3 is 1.24 bits per heavy atom. The van der Waals surface area contributed by atoms with E-state index in [0.717, 1.165) is 38.5 Å². The first-order valence-electron chi connectivity index (χ1n) is 20.6. The highest BCUT2D eigenvalue weighted by Gasteiger charge is 2.28. The van der Waals surface area contributed by atoms with Crippen LogP contribution >= 0.6 is 7.82 Å². The summed E-state index contributed by atoms with van der Waals surface area (Å²) >= 11 is 0. The van der Waals surface area contributed by atoms with Crippen LogP contribution in [-0.4, -0.2) is 59.9 Å². The van der Waals surface area contributed by atoms with Crippen LogP contribution < -0.4 is 5.73 Å². The number of carbonyl (C=O) groups excluding carboxylic acids is 2. The highest BCUT2D eigenvalue weighted by atomic mass is 31.2. The second-order valence-electron chi connectivity index (χ2n) is 14.1. The van der Waals surface area contributed by atoms with E-state index in [0.29, 0.717) is 12.8 Å². The van der Waals surface area contributed by atoms with Gasteiger partial charge in [0.15, 0.2) is 6.10 Å². The van der Waals surface area contributed by atoms with Crippen LogP contribution in [0.2, 0.25) is 0 Å². The Kier molecular flexibility index (Phi) is 34.4. The van der Waals surface area contributed by atoms with Gasteiger partial charge < -0.3 is 25.2 Å². The second kappa shape index (κ2) is 35.5. The molecule has 12 heteroatoms. The molecular formula is C39H76NO10P. The van der Waals surface area contributed by atoms with Gasteiger partial charge in [0.25, 0.3) is 0 Å². The van der Waals surface area contributed by atoms with Gasteiger partial charge in [-0.2, -0.15) is 0 Å². The molecule has 0 radical (unpaired) electrons. The summed E-state index contributed by atoms with van der Waals surface area (Å²) in [6, 6.07) is -1.51. The van der Waals surface area contributed by atoms with Crippen molar-refractivity contribution in [1.82, 2.24) is 0 Å². The second-order valence-corrected chi connectivity index (χ2v) is 15.6. The van der Waals surface area contributed by atoms with Crippen LogP contribution in [-0.2, 0) is 37.5 Å². The fraction of sp³-hybridized carbons (Fsp3) is 0.923. The van der Waals surface area contributed by atoms with Crippen molar-refractivity contribution in [1.29, 1.82) is 0 Å². The Morgan fingerprint density at radius 1 is 0.529 bits per heavy atom. The molecular weight excluding hydrogens is 673 g/mol. The van der Waals surface area contributed by atoms with Gasteiger partial charge in [-0.05, 0) is 12.8 Å². The fourth-order valence-electron chi connectivity index (χ4n) is 5.83. The smallest absolute Gasteiger partial charge is 0.472 e. The molecule has 11 nitrogen and oxygen atoms in total. The van der Waals surface area contributed by atoms with E-state index in [9.17, 15) is 23.8 Å². The lowest BCUT2D eigenvalue weighted by atomic mass is 10.0. The molecule has 0 bridgehead atoms. The van der Waals surface area contributed by atoms with Gasteiger partial charge in [-0.25, -0.2) is 4.57 Å². The topological polar surface area (TPSA) is 172 Å². The first kappa shape index (κ1) is 49.5. The Labute approximate surface area is 310 Å². The molecule has 0 heterocycles. The Balaban J connectivity index is 4.37. The van der Waals surface area contributed by atoms with Gasteiger partial charge in [0, 0.05) is 12.8 Å². The molecule has 0 saturated heterocycles. The predicted molar refractivity (Wildman–Crippen MR) is 203 cm³/mol. The number of carboxylic acid groups (broad SMARTS) is 1. The van der Waals surface area contributed by atoms with Crippen LogP contribution in [0.4, 0.5) is 0 Å². The van der Waals surface area contributed by atoms with Crippen molar-refractivity contribution in [2.75, 3.05) is 19.8 Å². The van der Waals surface area contributed by atoms with Crippen LogP contribution in [0.5, 0.6) is 0 Å². The van der Waals surface area contributed by atoms with Crippen LogP contribution in [0.1, 0.15) is 200 Å². The van der Waals surface area contributed by atoms with Gasteiger partial charge in [0.05, 0.1) is 13.2 Å². The minimum atomic E-state index is -4.70. The van der Waals surface area contributed by atoms with Crippen molar-refractivity contribution in [3.05, 3.63) is 0 Å². The maximum absolute atomic E-state index is 12.6. The van der Waals surface area contributed by atoms with Crippen LogP contribution in [0.25, 0.3) is 0 Å². The summed E-state index contributed by atoms with van der Waals surface area (Å²) in [5.41, 5.74) is 5.32. The average Bonchev–Trinajstić information content (AvgIpc) is 3.10. The van der Waals surface area contributed by atoms with Crippen molar-refractivity contribution < 1.29 is 47.5 Å². The number of aliphatic carboxylic acids is 1. The van der Waals surface area contributed by atoms with E-state index in [1.807, 2.05) is 0 Å². The van der Waals surface area contributed by atoms with Gasteiger partial charge in [-0.1, -0.05) is 174 Å². The fourth-order valence-corrected chi connectivity index (χ4v) is 6.61. The monoisotopic (exact) mass is 750 g/mol. The maximum Gasteiger partial charge on any atom is 0.472 e. The van der Waals surface area contributed by atoms with E-state index >= 15 is 0 Å². The third-order valence-electron chi connectivity index (χ3n) is 9.11. The lowest BCUT2D eigenvalue weighted by Crippen LogP contribution is -2.34. The number of hydrogen-bond donors (Lipinski definition) is 3. The van der Waals surface area contributed by atoms with Gasteiger partial charge in [0.2, 0.25) is 0 Å². The Hall–Kier alpha value is -1.52. The summed E-state index contributed by atoms with van der Waals surface area (Å²) < 4.78 is 32.6. The van der Waals surface area contributed by atoms with Crippen LogP contribution in [0, 0.1) is 0 Å². The van der Waals surface area contributed by atoms with E-state index < -0.39 is 51.1 Å². The number of unbranched alkanes of at least 4 members (excludes halogenated alkanes) is 25. The molecule has 0 aromatic heterocycles. The maximum atomic E-state index is 12.6. The summed E-state index contributed by atoms with van der Waals surface area (Å²) in [6.45, 7) is 2.81. The Bertz CT molecular complexity index is 890. The number of rotatable bonds is 39. The number of hydrogen-bond acceptors (Lipinski definition) is 9. The molecule has 302 valence electrons. The molecule has 3 atom stereocenters. The summed E-state index contributed by atoms with van der Waals surface area (Å²) in [5, 5.41) is 8.87. The summed E-state index contributed by atoms with van der Waals surface area (Å²) in [6.07, 6.45) is 31.6. The van der Waals surface area contributed by atoms with E-state index in [1.165, 1.54) is 122 Å². The van der Waals surface area contributed by atoms with Crippen LogP contribution in [0.3, 0.4) is 0 Å². The molecule has 0 aromatic carbocycles. The lowest BCUT2D eigenvalue weighted by molar-refractivity contribution is -0.161. The third kappa shape index (κ3) is 35.3. The number of ether oxygens (including phenoxy) is 2. The zero-order valence-electron chi connectivity index (χ0n) is 32.5. The number of esters is 2. The van der Waals surface area contributed by atoms with Gasteiger partial charge >= 0.3 is 25.7 Å². The quantitative estimate of drug-likeness (QED) is 0.0310. The zero-order chi connectivity index (χ0) is 37.8. The number of carboxylic acids is 1. The van der Waals surface area contributed by atoms with Crippen molar-refractivity contribution >= 4 is 25.7 Å². The number of phosphoric acid groups is 1. The van der Waals surface area contributed by atoms with Gasteiger partial charge in [-0.3, -0.25) is 23.4 Å². The normalized spacial score (nSPS) is 13.8. The summed E-state index contributed by atoms with van der Waals surface area (Å²) in [4.78, 5) is 45.8. The van der Waals surface area contributed by atoms with E-state index in [4.69, 9.17) is 24.8 Å². The van der Waals surface area contributed by atoms with Crippen molar-refractivity contribution in [2.45, 2.75) is 212 Å². The average molecular weight is 750 g/mol. The molecule has 0 aliphatic heterocycles. The molecule has 4 N–H and O–H groups in total. The molecule has 0 aliphatic carbocycles. The van der Waals surface area contributed by atoms with Gasteiger partial charge in [0.1, 0.15) is 12.6 Å². The molecule has 3 unspecified atom stereocenters. The summed E-state index contributed by atoms with van der Waals surface area (Å²) in [7, 11) is -4.70. The molecule has 0 rings (SSSR count). The molecule has 0 aromatic rings. The minimum absolute atomic E-state index is 0.169. The largest absolute Gasteiger partial charge is 0.480 e. The molecule has 0 amide bonds. The molecule has 0 fully saturated rings. The minimum Gasteiger partial charge on any atom is -0.480 e. The van der Waals surface area contributed by atoms with Crippen molar-refractivity contribution in [2.24, 2.45) is 5.73 Å². The third-order valence-corrected chi connectivity index (χ3v) is 10.1. The standard InChI is InChI=1S/C39H76NO10P/c1-3-5-7-9-11-13-15-17-19-21-23-25-27-29-31-38(42)50-35(33-48-51(45,46)49-34-36(40)39(43)44)32-47-37(41)30-28-26-24-22-20-18-16-14-12-10-8-6-4-2/h35-36H,3-34,40H2,1-2H3,(H,43,44)(H,45,46). The molecule has 0 spiro atoms. The van der Waals surface area contributed by atoms with Gasteiger partial charge in [-0.15, -0.1) is 0 Å². The highest BCUT2D eigenvalue weighted by Crippen LogP contribution is 2.43. The van der Waals surface area contributed by atoms with Crippen molar-refractivity contribution in [3.8, 4) is 0 Å². The molecule has 0 aliphatic rings. The first-order chi connectivity index (χ1) is 24.6. The van der Waals surface area contributed by atoms with Crippen molar-refractivity contribution in [3.63, 3.8) is 0 Å². The zero-order valence-corrected chi connectivity index (χ0v) is 33.4. The predicted octanol–water partition coefficient (Wildman–Crippen LogP) is 10.3. The highest BCUT2D eigenvalue weighted by molar-refractivity contribution is 7.47. The first-order valence-corrected chi connectivity index (χ1v) is 22.1. The summed E-state index contributed by atoms with van der Waals surface area (Å²) in [5.74, 6) is -2.36. The number of carbonyl (C=O) groups is 3. The van der Waals surface area contributed by atoms with E-state index in [2.05, 4.69) is 18.4 Å². The number of phosphoric ester groups is 1.